The fraction of sp³-hybridized carbons (Fsp3) is 0.889. The Hall–Kier alpha value is -0.450. The van der Waals surface area contributed by atoms with Gasteiger partial charge in [-0.2, -0.15) is 13.2 Å². The monoisotopic (exact) mass is 245 g/mol. The molecule has 6 heteroatoms. The Labute approximate surface area is 92.4 Å². The average Bonchev–Trinajstić information content (AvgIpc) is 2.13. The number of hydrogen-bond donors (Lipinski definition) is 0. The van der Waals surface area contributed by atoms with Crippen molar-refractivity contribution in [3.8, 4) is 0 Å². The van der Waals surface area contributed by atoms with Crippen LogP contribution in [0.3, 0.4) is 0 Å². The van der Waals surface area contributed by atoms with Crippen molar-refractivity contribution in [1.82, 2.24) is 4.90 Å². The second-order valence-electron chi connectivity index (χ2n) is 3.43. The van der Waals surface area contributed by atoms with Crippen LogP contribution in [-0.4, -0.2) is 36.0 Å². The molecule has 1 amide bonds. The summed E-state index contributed by atoms with van der Waals surface area (Å²) in [5.41, 5.74) is 0. The first kappa shape index (κ1) is 14.6. The van der Waals surface area contributed by atoms with E-state index < -0.39 is 24.5 Å². The molecule has 0 saturated heterocycles. The smallest absolute Gasteiger partial charge is 0.333 e. The molecule has 0 aromatic carbocycles. The zero-order chi connectivity index (χ0) is 12.1. The summed E-state index contributed by atoms with van der Waals surface area (Å²) in [6, 6.07) is 0. The molecule has 90 valence electrons. The molecule has 0 fully saturated rings. The van der Waals surface area contributed by atoms with Gasteiger partial charge >= 0.3 is 6.18 Å². The molecule has 0 radical (unpaired) electrons. The molecular weight excluding hydrogens is 231 g/mol. The first-order valence-corrected chi connectivity index (χ1v) is 5.26. The minimum Gasteiger partial charge on any atom is -0.333 e. The van der Waals surface area contributed by atoms with Crippen molar-refractivity contribution in [2.45, 2.75) is 26.4 Å². The molecule has 0 heterocycles. The molecule has 0 aliphatic heterocycles. The van der Waals surface area contributed by atoms with Crippen LogP contribution >= 0.6 is 11.6 Å². The summed E-state index contributed by atoms with van der Waals surface area (Å²) >= 11 is 5.43. The van der Waals surface area contributed by atoms with Crippen LogP contribution in [-0.2, 0) is 4.79 Å². The number of hydrogen-bond acceptors (Lipinski definition) is 1. The van der Waals surface area contributed by atoms with Gasteiger partial charge in [-0.05, 0) is 6.42 Å². The van der Waals surface area contributed by atoms with Crippen LogP contribution in [0.15, 0.2) is 0 Å². The van der Waals surface area contributed by atoms with E-state index in [1.165, 1.54) is 6.92 Å². The van der Waals surface area contributed by atoms with E-state index >= 15 is 0 Å². The molecule has 0 rings (SSSR count). The summed E-state index contributed by atoms with van der Waals surface area (Å²) in [5.74, 6) is -1.07. The molecule has 0 aromatic heterocycles. The van der Waals surface area contributed by atoms with E-state index in [9.17, 15) is 18.0 Å². The molecule has 0 spiro atoms. The van der Waals surface area contributed by atoms with Gasteiger partial charge in [-0.1, -0.05) is 13.8 Å². The number of nitrogens with zero attached hydrogens (tertiary/aromatic N) is 1. The van der Waals surface area contributed by atoms with Crippen molar-refractivity contribution < 1.29 is 18.0 Å². The van der Waals surface area contributed by atoms with E-state index in [2.05, 4.69) is 0 Å². The van der Waals surface area contributed by atoms with Crippen LogP contribution in [0.25, 0.3) is 0 Å². The molecule has 0 aromatic rings. The highest BCUT2D eigenvalue weighted by atomic mass is 35.5. The van der Waals surface area contributed by atoms with E-state index in [4.69, 9.17) is 11.6 Å². The first-order valence-electron chi connectivity index (χ1n) is 4.73. The number of halogens is 4. The van der Waals surface area contributed by atoms with Crippen LogP contribution in [0.1, 0.15) is 20.3 Å². The van der Waals surface area contributed by atoms with Gasteiger partial charge in [-0.15, -0.1) is 11.6 Å². The summed E-state index contributed by atoms with van der Waals surface area (Å²) in [7, 11) is 0. The molecule has 1 atom stereocenters. The number of carbonyl (C=O) groups is 1. The lowest BCUT2D eigenvalue weighted by Gasteiger charge is -2.25. The fourth-order valence-electron chi connectivity index (χ4n) is 1.13. The minimum atomic E-state index is -4.35. The third-order valence-corrected chi connectivity index (χ3v) is 2.29. The average molecular weight is 246 g/mol. The van der Waals surface area contributed by atoms with Gasteiger partial charge in [0.2, 0.25) is 5.91 Å². The van der Waals surface area contributed by atoms with Crippen molar-refractivity contribution in [2.75, 3.05) is 19.0 Å². The summed E-state index contributed by atoms with van der Waals surface area (Å²) in [5, 5.41) is 0. The highest BCUT2D eigenvalue weighted by Crippen LogP contribution is 2.18. The van der Waals surface area contributed by atoms with Crippen LogP contribution < -0.4 is 0 Å². The Kier molecular flexibility index (Phi) is 6.02. The Morgan fingerprint density at radius 3 is 2.33 bits per heavy atom. The minimum absolute atomic E-state index is 0.0386. The van der Waals surface area contributed by atoms with Crippen molar-refractivity contribution >= 4 is 17.5 Å². The third kappa shape index (κ3) is 5.87. The van der Waals surface area contributed by atoms with E-state index in [1.807, 2.05) is 0 Å². The van der Waals surface area contributed by atoms with E-state index in [0.29, 0.717) is 6.42 Å². The lowest BCUT2D eigenvalue weighted by Crippen LogP contribution is -2.42. The van der Waals surface area contributed by atoms with Gasteiger partial charge in [-0.25, -0.2) is 0 Å². The maximum Gasteiger partial charge on any atom is 0.406 e. The standard InChI is InChI=1S/C9H15ClF3NO/c1-3-4-14(6-9(11,12)13)8(15)7(2)5-10/h7H,3-6H2,1-2H3. The Morgan fingerprint density at radius 1 is 1.47 bits per heavy atom. The summed E-state index contributed by atoms with van der Waals surface area (Å²) in [6.07, 6.45) is -3.85. The zero-order valence-corrected chi connectivity index (χ0v) is 9.53. The number of rotatable bonds is 5. The maximum absolute atomic E-state index is 12.1. The third-order valence-electron chi connectivity index (χ3n) is 1.83. The van der Waals surface area contributed by atoms with Crippen molar-refractivity contribution in [2.24, 2.45) is 5.92 Å². The Bertz CT molecular complexity index is 208. The Balaban J connectivity index is 4.45. The zero-order valence-electron chi connectivity index (χ0n) is 8.77. The molecule has 0 bridgehead atoms. The molecule has 2 nitrogen and oxygen atoms in total. The topological polar surface area (TPSA) is 20.3 Å². The van der Waals surface area contributed by atoms with E-state index in [0.717, 1.165) is 4.90 Å². The lowest BCUT2D eigenvalue weighted by atomic mass is 10.2. The molecule has 0 aliphatic rings. The number of carbonyl (C=O) groups excluding carboxylic acids is 1. The predicted molar refractivity (Wildman–Crippen MR) is 52.8 cm³/mol. The van der Waals surface area contributed by atoms with Gasteiger partial charge in [0.1, 0.15) is 6.54 Å². The normalized spacial score (nSPS) is 13.7. The predicted octanol–water partition coefficient (Wildman–Crippen LogP) is 2.66. The van der Waals surface area contributed by atoms with Crippen LogP contribution in [0, 0.1) is 5.92 Å². The number of amides is 1. The quantitative estimate of drug-likeness (QED) is 0.682. The van der Waals surface area contributed by atoms with Gasteiger partial charge in [0.25, 0.3) is 0 Å². The molecule has 0 N–H and O–H groups in total. The maximum atomic E-state index is 12.1. The van der Waals surface area contributed by atoms with Crippen LogP contribution in [0.4, 0.5) is 13.2 Å². The molecular formula is C9H15ClF3NO. The summed E-state index contributed by atoms with van der Waals surface area (Å²) in [6.45, 7) is 2.16. The van der Waals surface area contributed by atoms with Gasteiger partial charge in [0.15, 0.2) is 0 Å². The summed E-state index contributed by atoms with van der Waals surface area (Å²) in [4.78, 5) is 12.3. The van der Waals surface area contributed by atoms with Gasteiger partial charge in [-0.3, -0.25) is 4.79 Å². The van der Waals surface area contributed by atoms with Crippen LogP contribution in [0.5, 0.6) is 0 Å². The highest BCUT2D eigenvalue weighted by Gasteiger charge is 2.33. The van der Waals surface area contributed by atoms with Gasteiger partial charge in [0, 0.05) is 18.3 Å². The van der Waals surface area contributed by atoms with Crippen molar-refractivity contribution in [3.05, 3.63) is 0 Å². The highest BCUT2D eigenvalue weighted by molar-refractivity contribution is 6.19. The van der Waals surface area contributed by atoms with E-state index in [1.54, 1.807) is 6.92 Å². The molecule has 0 aliphatic carbocycles. The van der Waals surface area contributed by atoms with Gasteiger partial charge < -0.3 is 4.90 Å². The fourth-order valence-corrected chi connectivity index (χ4v) is 1.26. The second kappa shape index (κ2) is 6.20. The van der Waals surface area contributed by atoms with Crippen molar-refractivity contribution in [3.63, 3.8) is 0 Å². The van der Waals surface area contributed by atoms with E-state index in [-0.39, 0.29) is 12.4 Å². The SMILES string of the molecule is CCCN(CC(F)(F)F)C(=O)C(C)CCl. The second-order valence-corrected chi connectivity index (χ2v) is 3.74. The largest absolute Gasteiger partial charge is 0.406 e. The van der Waals surface area contributed by atoms with Gasteiger partial charge in [0.05, 0.1) is 0 Å². The lowest BCUT2D eigenvalue weighted by molar-refractivity contribution is -0.163. The molecule has 1 unspecified atom stereocenters. The number of alkyl halides is 4. The first-order chi connectivity index (χ1) is 6.81. The summed E-state index contributed by atoms with van der Waals surface area (Å²) < 4.78 is 36.4. The molecule has 0 saturated carbocycles. The van der Waals surface area contributed by atoms with Crippen molar-refractivity contribution in [1.29, 1.82) is 0 Å². The molecule has 15 heavy (non-hydrogen) atoms. The Morgan fingerprint density at radius 2 is 2.00 bits per heavy atom. The van der Waals surface area contributed by atoms with Crippen LogP contribution in [0.2, 0.25) is 0 Å².